The molecule has 0 radical (unpaired) electrons. The van der Waals surface area contributed by atoms with Crippen LogP contribution in [0.15, 0.2) is 36.4 Å². The first-order valence-corrected chi connectivity index (χ1v) is 8.01. The zero-order chi connectivity index (χ0) is 18.1. The van der Waals surface area contributed by atoms with Gasteiger partial charge >= 0.3 is 5.97 Å². The summed E-state index contributed by atoms with van der Waals surface area (Å²) in [6.07, 6.45) is -0.375. The SMILES string of the molecule is CC(OC(=O)c1cc(F)c(F)cc1Cl)C(=O)N1CCc2ccccc21. The molecule has 1 aliphatic rings. The van der Waals surface area contributed by atoms with Crippen molar-refractivity contribution in [2.45, 2.75) is 19.4 Å². The van der Waals surface area contributed by atoms with Gasteiger partial charge in [-0.3, -0.25) is 4.79 Å². The first-order chi connectivity index (χ1) is 11.9. The van der Waals surface area contributed by atoms with Gasteiger partial charge in [0.25, 0.3) is 5.91 Å². The van der Waals surface area contributed by atoms with Crippen LogP contribution in [0.4, 0.5) is 14.5 Å². The Hall–Kier alpha value is -2.47. The van der Waals surface area contributed by atoms with E-state index in [4.69, 9.17) is 16.3 Å². The highest BCUT2D eigenvalue weighted by Crippen LogP contribution is 2.28. The largest absolute Gasteiger partial charge is 0.449 e. The number of hydrogen-bond acceptors (Lipinski definition) is 3. The van der Waals surface area contributed by atoms with Gasteiger partial charge in [-0.25, -0.2) is 13.6 Å². The molecule has 0 bridgehead atoms. The number of anilines is 1. The normalized spacial score (nSPS) is 14.2. The number of para-hydroxylation sites is 1. The topological polar surface area (TPSA) is 46.6 Å². The number of carbonyl (C=O) groups is 2. The van der Waals surface area contributed by atoms with Crippen molar-refractivity contribution in [1.29, 1.82) is 0 Å². The van der Waals surface area contributed by atoms with Crippen LogP contribution in [0, 0.1) is 11.6 Å². The smallest absolute Gasteiger partial charge is 0.340 e. The summed E-state index contributed by atoms with van der Waals surface area (Å²) in [7, 11) is 0. The fourth-order valence-corrected chi connectivity index (χ4v) is 2.97. The molecule has 1 amide bonds. The Morgan fingerprint density at radius 1 is 1.20 bits per heavy atom. The molecule has 2 aromatic carbocycles. The second-order valence-corrected chi connectivity index (χ2v) is 6.07. The van der Waals surface area contributed by atoms with Gasteiger partial charge in [-0.1, -0.05) is 29.8 Å². The molecule has 1 atom stereocenters. The highest BCUT2D eigenvalue weighted by atomic mass is 35.5. The van der Waals surface area contributed by atoms with E-state index in [0.717, 1.165) is 17.7 Å². The van der Waals surface area contributed by atoms with E-state index in [1.54, 1.807) is 4.90 Å². The van der Waals surface area contributed by atoms with Crippen molar-refractivity contribution >= 4 is 29.2 Å². The lowest BCUT2D eigenvalue weighted by atomic mass is 10.2. The van der Waals surface area contributed by atoms with Crippen LogP contribution in [0.1, 0.15) is 22.8 Å². The number of esters is 1. The molecule has 0 N–H and O–H groups in total. The highest BCUT2D eigenvalue weighted by molar-refractivity contribution is 6.33. The fourth-order valence-electron chi connectivity index (χ4n) is 2.74. The number of amides is 1. The van der Waals surface area contributed by atoms with Crippen LogP contribution < -0.4 is 4.90 Å². The fraction of sp³-hybridized carbons (Fsp3) is 0.222. The Morgan fingerprint density at radius 3 is 2.64 bits per heavy atom. The van der Waals surface area contributed by atoms with Crippen LogP contribution in [0.5, 0.6) is 0 Å². The van der Waals surface area contributed by atoms with Crippen molar-refractivity contribution in [2.75, 3.05) is 11.4 Å². The average Bonchev–Trinajstić information content (AvgIpc) is 3.01. The predicted molar refractivity (Wildman–Crippen MR) is 88.7 cm³/mol. The Bertz CT molecular complexity index is 856. The molecule has 0 spiro atoms. The van der Waals surface area contributed by atoms with Gasteiger partial charge in [0.2, 0.25) is 0 Å². The molecule has 130 valence electrons. The third-order valence-corrected chi connectivity index (χ3v) is 4.33. The standard InChI is InChI=1S/C18H14ClF2NO3/c1-10(17(23)22-7-6-11-4-2-3-5-16(11)22)25-18(24)12-8-14(20)15(21)9-13(12)19/h2-5,8-10H,6-7H2,1H3. The second kappa shape index (κ2) is 6.80. The van der Waals surface area contributed by atoms with E-state index >= 15 is 0 Å². The molecule has 0 saturated heterocycles. The summed E-state index contributed by atoms with van der Waals surface area (Å²) in [4.78, 5) is 26.2. The Balaban J connectivity index is 1.74. The summed E-state index contributed by atoms with van der Waals surface area (Å²) >= 11 is 5.75. The van der Waals surface area contributed by atoms with Crippen LogP contribution in [-0.4, -0.2) is 24.5 Å². The highest BCUT2D eigenvalue weighted by Gasteiger charge is 2.30. The summed E-state index contributed by atoms with van der Waals surface area (Å²) in [6.45, 7) is 1.92. The lowest BCUT2D eigenvalue weighted by Crippen LogP contribution is -2.39. The maximum absolute atomic E-state index is 13.3. The number of benzene rings is 2. The zero-order valence-corrected chi connectivity index (χ0v) is 14.0. The summed E-state index contributed by atoms with van der Waals surface area (Å²) in [5, 5.41) is -0.282. The molecule has 1 unspecified atom stereocenters. The van der Waals surface area contributed by atoms with E-state index in [9.17, 15) is 18.4 Å². The monoisotopic (exact) mass is 365 g/mol. The predicted octanol–water partition coefficient (Wildman–Crippen LogP) is 3.75. The molecule has 0 fully saturated rings. The number of halogens is 3. The number of nitrogens with zero attached hydrogens (tertiary/aromatic N) is 1. The minimum atomic E-state index is -1.22. The number of fused-ring (bicyclic) bond motifs is 1. The lowest BCUT2D eigenvalue weighted by Gasteiger charge is -2.21. The Kier molecular flexibility index (Phi) is 4.72. The molecular weight excluding hydrogens is 352 g/mol. The van der Waals surface area contributed by atoms with Crippen molar-refractivity contribution in [2.24, 2.45) is 0 Å². The minimum absolute atomic E-state index is 0.282. The van der Waals surface area contributed by atoms with Crippen LogP contribution in [0.2, 0.25) is 5.02 Å². The quantitative estimate of drug-likeness (QED) is 0.614. The molecule has 0 aromatic heterocycles. The average molecular weight is 366 g/mol. The summed E-state index contributed by atoms with van der Waals surface area (Å²) in [6, 6.07) is 8.81. The maximum atomic E-state index is 13.3. The van der Waals surface area contributed by atoms with E-state index in [1.807, 2.05) is 24.3 Å². The van der Waals surface area contributed by atoms with E-state index in [2.05, 4.69) is 0 Å². The first kappa shape index (κ1) is 17.4. The van der Waals surface area contributed by atoms with Crippen molar-refractivity contribution < 1.29 is 23.1 Å². The zero-order valence-electron chi connectivity index (χ0n) is 13.3. The Morgan fingerprint density at radius 2 is 1.88 bits per heavy atom. The van der Waals surface area contributed by atoms with Gasteiger partial charge in [0.05, 0.1) is 10.6 Å². The van der Waals surface area contributed by atoms with E-state index in [-0.39, 0.29) is 10.6 Å². The van der Waals surface area contributed by atoms with Crippen molar-refractivity contribution in [1.82, 2.24) is 0 Å². The molecule has 1 aliphatic heterocycles. The van der Waals surface area contributed by atoms with E-state index in [0.29, 0.717) is 18.7 Å². The van der Waals surface area contributed by atoms with Crippen LogP contribution >= 0.6 is 11.6 Å². The molecule has 25 heavy (non-hydrogen) atoms. The van der Waals surface area contributed by atoms with Gasteiger partial charge in [0.1, 0.15) is 0 Å². The number of carbonyl (C=O) groups excluding carboxylic acids is 2. The number of ether oxygens (including phenoxy) is 1. The van der Waals surface area contributed by atoms with Crippen molar-refractivity contribution in [3.05, 3.63) is 64.2 Å². The van der Waals surface area contributed by atoms with Crippen molar-refractivity contribution in [3.8, 4) is 0 Å². The number of rotatable bonds is 3. The third kappa shape index (κ3) is 3.35. The summed E-state index contributed by atoms with van der Waals surface area (Å²) in [5.41, 5.74) is 1.49. The van der Waals surface area contributed by atoms with Gasteiger partial charge in [-0.2, -0.15) is 0 Å². The van der Waals surface area contributed by atoms with E-state index < -0.39 is 29.6 Å². The molecular formula is C18H14ClF2NO3. The minimum Gasteiger partial charge on any atom is -0.449 e. The second-order valence-electron chi connectivity index (χ2n) is 5.66. The number of hydrogen-bond donors (Lipinski definition) is 0. The summed E-state index contributed by atoms with van der Waals surface area (Å²) < 4.78 is 31.5. The van der Waals surface area contributed by atoms with Crippen molar-refractivity contribution in [3.63, 3.8) is 0 Å². The first-order valence-electron chi connectivity index (χ1n) is 7.63. The van der Waals surface area contributed by atoms with Gasteiger partial charge in [0.15, 0.2) is 17.7 Å². The Labute approximate surface area is 148 Å². The lowest BCUT2D eigenvalue weighted by molar-refractivity contribution is -0.126. The third-order valence-electron chi connectivity index (χ3n) is 4.01. The molecule has 3 rings (SSSR count). The molecule has 7 heteroatoms. The van der Waals surface area contributed by atoms with Gasteiger partial charge < -0.3 is 9.64 Å². The molecule has 4 nitrogen and oxygen atoms in total. The summed E-state index contributed by atoms with van der Waals surface area (Å²) in [5.74, 6) is -3.77. The van der Waals surface area contributed by atoms with Crippen LogP contribution in [-0.2, 0) is 16.0 Å². The molecule has 1 heterocycles. The van der Waals surface area contributed by atoms with E-state index in [1.165, 1.54) is 6.92 Å². The molecule has 0 aliphatic carbocycles. The molecule has 0 saturated carbocycles. The maximum Gasteiger partial charge on any atom is 0.340 e. The van der Waals surface area contributed by atoms with Crippen LogP contribution in [0.3, 0.4) is 0 Å². The van der Waals surface area contributed by atoms with Gasteiger partial charge in [-0.15, -0.1) is 0 Å². The molecule has 2 aromatic rings. The van der Waals surface area contributed by atoms with Gasteiger partial charge in [-0.05, 0) is 37.1 Å². The van der Waals surface area contributed by atoms with Crippen LogP contribution in [0.25, 0.3) is 0 Å². The van der Waals surface area contributed by atoms with Gasteiger partial charge in [0, 0.05) is 12.2 Å².